The number of piperazine rings is 1. The fraction of sp³-hybridized carbons (Fsp3) is 0.435. The van der Waals surface area contributed by atoms with Crippen LogP contribution in [0.5, 0.6) is 0 Å². The van der Waals surface area contributed by atoms with Gasteiger partial charge in [-0.15, -0.1) is 0 Å². The van der Waals surface area contributed by atoms with Crippen LogP contribution in [0.4, 0.5) is 11.4 Å². The summed E-state index contributed by atoms with van der Waals surface area (Å²) in [4.78, 5) is 17.5. The quantitative estimate of drug-likeness (QED) is 0.875. The number of nitrogens with zero attached hydrogens (tertiary/aromatic N) is 1. The molecule has 1 amide bonds. The van der Waals surface area contributed by atoms with Crippen molar-refractivity contribution in [2.75, 3.05) is 43.4 Å². The zero-order valence-electron chi connectivity index (χ0n) is 16.2. The third-order valence-corrected chi connectivity index (χ3v) is 6.33. The maximum atomic E-state index is 13.5. The molecule has 1 heterocycles. The Hall–Kier alpha value is -2.33. The Bertz CT molecular complexity index is 775. The van der Waals surface area contributed by atoms with Gasteiger partial charge in [0.15, 0.2) is 0 Å². The first-order valence-corrected chi connectivity index (χ1v) is 10.2. The molecule has 1 saturated heterocycles. The Morgan fingerprint density at radius 2 is 1.59 bits per heavy atom. The number of likely N-dealkylation sites (N-methyl/N-ethyl adjacent to an activating group) is 1. The van der Waals surface area contributed by atoms with E-state index in [0.29, 0.717) is 0 Å². The summed E-state index contributed by atoms with van der Waals surface area (Å²) in [5.74, 6) is 0.151. The third kappa shape index (κ3) is 3.59. The Labute approximate surface area is 162 Å². The molecular formula is C23H30N3O+. The lowest BCUT2D eigenvalue weighted by Gasteiger charge is -2.34. The van der Waals surface area contributed by atoms with Gasteiger partial charge in [-0.1, -0.05) is 55.3 Å². The number of hydrogen-bond donors (Lipinski definition) is 2. The smallest absolute Gasteiger partial charge is 0.235 e. The lowest BCUT2D eigenvalue weighted by molar-refractivity contribution is -0.880. The van der Waals surface area contributed by atoms with Gasteiger partial charge in [-0.2, -0.15) is 0 Å². The predicted octanol–water partition coefficient (Wildman–Crippen LogP) is 2.47. The van der Waals surface area contributed by atoms with E-state index in [0.717, 1.165) is 68.8 Å². The molecule has 0 spiro atoms. The van der Waals surface area contributed by atoms with Crippen LogP contribution in [0.3, 0.4) is 0 Å². The third-order valence-electron chi connectivity index (χ3n) is 6.33. The van der Waals surface area contributed by atoms with Gasteiger partial charge in [0, 0.05) is 0 Å². The molecular weight excluding hydrogens is 334 g/mol. The number of amides is 1. The molecule has 2 aliphatic rings. The van der Waals surface area contributed by atoms with Crippen LogP contribution < -0.4 is 15.1 Å². The highest BCUT2D eigenvalue weighted by Gasteiger charge is 2.42. The highest BCUT2D eigenvalue weighted by Crippen LogP contribution is 2.42. The predicted molar refractivity (Wildman–Crippen MR) is 110 cm³/mol. The molecule has 0 radical (unpaired) electrons. The second-order valence-corrected chi connectivity index (χ2v) is 8.07. The fourth-order valence-electron chi connectivity index (χ4n) is 4.61. The average molecular weight is 365 g/mol. The van der Waals surface area contributed by atoms with Crippen LogP contribution in [0.2, 0.25) is 0 Å². The van der Waals surface area contributed by atoms with E-state index in [2.05, 4.69) is 41.5 Å². The van der Waals surface area contributed by atoms with Gasteiger partial charge in [-0.25, -0.2) is 0 Å². The summed E-state index contributed by atoms with van der Waals surface area (Å²) in [5.41, 5.74) is 2.87. The molecule has 0 atom stereocenters. The van der Waals surface area contributed by atoms with E-state index in [-0.39, 0.29) is 11.3 Å². The minimum Gasteiger partial charge on any atom is -0.359 e. The highest BCUT2D eigenvalue weighted by atomic mass is 16.2. The topological polar surface area (TPSA) is 36.8 Å². The molecule has 4 nitrogen and oxygen atoms in total. The Morgan fingerprint density at radius 3 is 2.30 bits per heavy atom. The molecule has 2 aromatic rings. The minimum atomic E-state index is -0.388. The number of carbonyl (C=O) groups is 1. The standard InChI is InChI=1S/C23H29N3O/c1-25-15-17-26(18-16-25)21-12-6-5-11-20(21)24-22(27)23(13-7-8-14-23)19-9-3-2-4-10-19/h2-6,9-12H,7-8,13-18H2,1H3,(H,24,27)/p+1. The summed E-state index contributed by atoms with van der Waals surface area (Å²) >= 11 is 0. The lowest BCUT2D eigenvalue weighted by Crippen LogP contribution is -3.12. The van der Waals surface area contributed by atoms with Crippen LogP contribution in [0.15, 0.2) is 54.6 Å². The van der Waals surface area contributed by atoms with Gasteiger partial charge in [0.25, 0.3) is 0 Å². The minimum absolute atomic E-state index is 0.151. The number of benzene rings is 2. The van der Waals surface area contributed by atoms with Crippen molar-refractivity contribution in [2.24, 2.45) is 0 Å². The summed E-state index contributed by atoms with van der Waals surface area (Å²) in [6, 6.07) is 18.6. The summed E-state index contributed by atoms with van der Waals surface area (Å²) in [6.45, 7) is 4.33. The van der Waals surface area contributed by atoms with Crippen molar-refractivity contribution < 1.29 is 9.69 Å². The first-order chi connectivity index (χ1) is 13.2. The van der Waals surface area contributed by atoms with Crippen LogP contribution in [0.25, 0.3) is 0 Å². The molecule has 0 bridgehead atoms. The van der Waals surface area contributed by atoms with Gasteiger partial charge >= 0.3 is 0 Å². The van der Waals surface area contributed by atoms with Crippen LogP contribution in [0, 0.1) is 0 Å². The second-order valence-electron chi connectivity index (χ2n) is 8.07. The fourth-order valence-corrected chi connectivity index (χ4v) is 4.61. The molecule has 0 aromatic heterocycles. The molecule has 2 N–H and O–H groups in total. The van der Waals surface area contributed by atoms with Crippen LogP contribution in [-0.4, -0.2) is 39.1 Å². The summed E-state index contributed by atoms with van der Waals surface area (Å²) in [5, 5.41) is 3.31. The van der Waals surface area contributed by atoms with E-state index < -0.39 is 0 Å². The van der Waals surface area contributed by atoms with Gasteiger partial charge < -0.3 is 15.1 Å². The number of para-hydroxylation sites is 2. The number of carbonyl (C=O) groups excluding carboxylic acids is 1. The lowest BCUT2D eigenvalue weighted by atomic mass is 9.78. The molecule has 2 fully saturated rings. The Morgan fingerprint density at radius 1 is 0.963 bits per heavy atom. The molecule has 27 heavy (non-hydrogen) atoms. The zero-order chi connectivity index (χ0) is 18.7. The van der Waals surface area contributed by atoms with Crippen molar-refractivity contribution in [1.29, 1.82) is 0 Å². The van der Waals surface area contributed by atoms with E-state index >= 15 is 0 Å². The molecule has 4 rings (SSSR count). The summed E-state index contributed by atoms with van der Waals surface area (Å²) in [6.07, 6.45) is 4.10. The number of hydrogen-bond acceptors (Lipinski definition) is 2. The van der Waals surface area contributed by atoms with E-state index in [1.54, 1.807) is 4.90 Å². The number of anilines is 2. The normalized spacial score (nSPS) is 19.8. The molecule has 0 unspecified atom stereocenters. The number of quaternary nitrogens is 1. The van der Waals surface area contributed by atoms with Gasteiger partial charge in [-0.3, -0.25) is 4.79 Å². The average Bonchev–Trinajstić information content (AvgIpc) is 3.21. The van der Waals surface area contributed by atoms with Crippen molar-refractivity contribution >= 4 is 17.3 Å². The molecule has 4 heteroatoms. The summed E-state index contributed by atoms with van der Waals surface area (Å²) in [7, 11) is 2.24. The second kappa shape index (κ2) is 7.73. The first kappa shape index (κ1) is 18.1. The maximum absolute atomic E-state index is 13.5. The van der Waals surface area contributed by atoms with E-state index in [1.165, 1.54) is 0 Å². The van der Waals surface area contributed by atoms with Gasteiger partial charge in [0.1, 0.15) is 0 Å². The van der Waals surface area contributed by atoms with Crippen molar-refractivity contribution in [1.82, 2.24) is 0 Å². The SMILES string of the molecule is C[NH+]1CCN(c2ccccc2NC(=O)C2(c3ccccc3)CCCC2)CC1. The molecule has 142 valence electrons. The van der Waals surface area contributed by atoms with Crippen molar-refractivity contribution in [3.8, 4) is 0 Å². The molecule has 2 aromatic carbocycles. The highest BCUT2D eigenvalue weighted by molar-refractivity contribution is 6.01. The van der Waals surface area contributed by atoms with Crippen LogP contribution >= 0.6 is 0 Å². The molecule has 1 aliphatic heterocycles. The van der Waals surface area contributed by atoms with Crippen molar-refractivity contribution in [3.63, 3.8) is 0 Å². The Balaban J connectivity index is 1.59. The monoisotopic (exact) mass is 364 g/mol. The van der Waals surface area contributed by atoms with Crippen molar-refractivity contribution in [3.05, 3.63) is 60.2 Å². The number of rotatable bonds is 4. The van der Waals surface area contributed by atoms with Gasteiger partial charge in [-0.05, 0) is 30.5 Å². The van der Waals surface area contributed by atoms with Crippen LogP contribution in [-0.2, 0) is 10.2 Å². The first-order valence-electron chi connectivity index (χ1n) is 10.2. The molecule has 1 aliphatic carbocycles. The van der Waals surface area contributed by atoms with Gasteiger partial charge in [0.2, 0.25) is 5.91 Å². The number of nitrogens with one attached hydrogen (secondary N) is 2. The Kier molecular flexibility index (Phi) is 5.17. The van der Waals surface area contributed by atoms with Crippen LogP contribution in [0.1, 0.15) is 31.2 Å². The molecule has 1 saturated carbocycles. The zero-order valence-corrected chi connectivity index (χ0v) is 16.2. The summed E-state index contributed by atoms with van der Waals surface area (Å²) < 4.78 is 0. The van der Waals surface area contributed by atoms with E-state index in [9.17, 15) is 4.79 Å². The van der Waals surface area contributed by atoms with Crippen molar-refractivity contribution in [2.45, 2.75) is 31.1 Å². The maximum Gasteiger partial charge on any atom is 0.235 e. The largest absolute Gasteiger partial charge is 0.359 e. The van der Waals surface area contributed by atoms with E-state index in [1.807, 2.05) is 30.3 Å². The van der Waals surface area contributed by atoms with Gasteiger partial charge in [0.05, 0.1) is 50.0 Å². The van der Waals surface area contributed by atoms with E-state index in [4.69, 9.17) is 0 Å².